The Bertz CT molecular complexity index is 541. The molecule has 6 nitrogen and oxygen atoms in total. The number of aryl methyl sites for hydroxylation is 1. The average molecular weight is 340 g/mol. The second-order valence-corrected chi connectivity index (χ2v) is 5.57. The molecule has 0 unspecified atom stereocenters. The summed E-state index contributed by atoms with van der Waals surface area (Å²) >= 11 is 4.84. The molecule has 1 aliphatic heterocycles. The van der Waals surface area contributed by atoms with E-state index in [-0.39, 0.29) is 1.43 Å². The van der Waals surface area contributed by atoms with E-state index in [1.54, 1.807) is 6.20 Å². The van der Waals surface area contributed by atoms with Crippen molar-refractivity contribution in [3.05, 3.63) is 23.5 Å². The number of hydrogen-bond donors (Lipinski definition) is 3. The first-order chi connectivity index (χ1) is 11.0. The molecule has 4 N–H and O–H groups in total. The Hall–Kier alpha value is -1.73. The van der Waals surface area contributed by atoms with E-state index >= 15 is 0 Å². The van der Waals surface area contributed by atoms with E-state index in [1.165, 1.54) is 0 Å². The van der Waals surface area contributed by atoms with Crippen LogP contribution in [0.4, 0.5) is 0 Å². The number of aromatic nitrogens is 1. The van der Waals surface area contributed by atoms with E-state index < -0.39 is 0 Å². The van der Waals surface area contributed by atoms with Gasteiger partial charge in [0.15, 0.2) is 5.11 Å². The van der Waals surface area contributed by atoms with Crippen LogP contribution in [0.15, 0.2) is 12.3 Å². The van der Waals surface area contributed by atoms with Crippen LogP contribution in [0.1, 0.15) is 33.0 Å². The van der Waals surface area contributed by atoms with Gasteiger partial charge >= 0.3 is 0 Å². The maximum Gasteiger partial charge on any atom is 0.166 e. The van der Waals surface area contributed by atoms with E-state index in [0.29, 0.717) is 29.5 Å². The number of ether oxygens (including phenoxy) is 1. The zero-order chi connectivity index (χ0) is 17.2. The van der Waals surface area contributed by atoms with Crippen LogP contribution < -0.4 is 15.8 Å². The molecule has 2 rings (SSSR count). The molecular formula is C16H29N5OS. The topological polar surface area (TPSA) is 87.3 Å². The molecule has 130 valence electrons. The van der Waals surface area contributed by atoms with Crippen LogP contribution in [0, 0.1) is 12.3 Å². The number of likely N-dealkylation sites (N-methyl/N-ethyl adjacent to an activating group) is 2. The molecule has 0 aliphatic carbocycles. The molecule has 2 heterocycles. The van der Waals surface area contributed by atoms with Crippen molar-refractivity contribution in [3.63, 3.8) is 0 Å². The second kappa shape index (κ2) is 10.1. The maximum absolute atomic E-state index is 7.62. The van der Waals surface area contributed by atoms with Gasteiger partial charge in [-0.2, -0.15) is 0 Å². The number of nitrogens with zero attached hydrogens (tertiary/aromatic N) is 2. The Balaban J connectivity index is 0.000000426. The minimum atomic E-state index is 0. The fourth-order valence-electron chi connectivity index (χ4n) is 2.13. The highest BCUT2D eigenvalue weighted by Crippen LogP contribution is 2.25. The Kier molecular flexibility index (Phi) is 8.50. The Labute approximate surface area is 145 Å². The van der Waals surface area contributed by atoms with Gasteiger partial charge in [-0.1, -0.05) is 6.92 Å². The monoisotopic (exact) mass is 339 g/mol. The maximum atomic E-state index is 7.62. The van der Waals surface area contributed by atoms with E-state index in [4.69, 9.17) is 28.1 Å². The number of nitrogens with one attached hydrogen (secondary N) is 2. The Morgan fingerprint density at radius 1 is 1.57 bits per heavy atom. The highest BCUT2D eigenvalue weighted by atomic mass is 32.1. The molecule has 0 atom stereocenters. The fraction of sp³-hybridized carbons (Fsp3) is 0.562. The summed E-state index contributed by atoms with van der Waals surface area (Å²) < 4.78 is 5.42. The molecule has 1 aliphatic rings. The summed E-state index contributed by atoms with van der Waals surface area (Å²) in [6.07, 6.45) is 2.39. The Morgan fingerprint density at radius 2 is 2.30 bits per heavy atom. The Morgan fingerprint density at radius 3 is 2.87 bits per heavy atom. The molecule has 0 spiro atoms. The molecule has 0 fully saturated rings. The number of fused-ring (bicyclic) bond motifs is 1. The molecule has 0 saturated heterocycles. The highest BCUT2D eigenvalue weighted by Gasteiger charge is 2.17. The molecule has 1 aromatic rings. The van der Waals surface area contributed by atoms with Crippen molar-refractivity contribution >= 4 is 23.0 Å². The summed E-state index contributed by atoms with van der Waals surface area (Å²) in [5.41, 5.74) is 7.81. The van der Waals surface area contributed by atoms with E-state index in [2.05, 4.69) is 17.2 Å². The van der Waals surface area contributed by atoms with Crippen molar-refractivity contribution in [2.75, 3.05) is 32.8 Å². The van der Waals surface area contributed by atoms with Gasteiger partial charge in [0.2, 0.25) is 0 Å². The standard InChI is InChI=1S/C9H10N2O.C7H17N3S.H2/c1-6-2-4-11-8-7(10)3-5-12-9(6)8;1-3-9-5-6-10(4-2)7(8)11;/h2,4,10H,3,5H2,1H3;9H,3-6H2,1-2H3,(H2,8,11);1H. The molecule has 0 bridgehead atoms. The van der Waals surface area contributed by atoms with Crippen molar-refractivity contribution in [3.8, 4) is 5.75 Å². The SMILES string of the molecule is CCNCCN(CC)C(N)=S.Cc1ccnc2c1OCCC2=N.[HH]. The van der Waals surface area contributed by atoms with Gasteiger partial charge in [-0.05, 0) is 44.2 Å². The van der Waals surface area contributed by atoms with Gasteiger partial charge < -0.3 is 26.1 Å². The quantitative estimate of drug-likeness (QED) is 0.561. The summed E-state index contributed by atoms with van der Waals surface area (Å²) in [6.45, 7) is 10.4. The molecule has 0 amide bonds. The minimum absolute atomic E-state index is 0. The fourth-order valence-corrected chi connectivity index (χ4v) is 2.35. The lowest BCUT2D eigenvalue weighted by Gasteiger charge is -2.20. The lowest BCUT2D eigenvalue weighted by molar-refractivity contribution is 0.316. The number of nitrogens with two attached hydrogens (primary N) is 1. The number of thiocarbonyl (C=S) groups is 1. The van der Waals surface area contributed by atoms with E-state index in [9.17, 15) is 0 Å². The van der Waals surface area contributed by atoms with Crippen LogP contribution >= 0.6 is 12.2 Å². The van der Waals surface area contributed by atoms with Crippen LogP contribution in [0.5, 0.6) is 5.75 Å². The van der Waals surface area contributed by atoms with Crippen molar-refractivity contribution < 1.29 is 6.16 Å². The van der Waals surface area contributed by atoms with Crippen molar-refractivity contribution in [2.24, 2.45) is 5.73 Å². The van der Waals surface area contributed by atoms with Crippen LogP contribution in [0.2, 0.25) is 0 Å². The highest BCUT2D eigenvalue weighted by molar-refractivity contribution is 7.80. The molecule has 1 aromatic heterocycles. The summed E-state index contributed by atoms with van der Waals surface area (Å²) in [7, 11) is 0. The molecular weight excluding hydrogens is 310 g/mol. The zero-order valence-electron chi connectivity index (χ0n) is 14.2. The number of rotatable bonds is 5. The van der Waals surface area contributed by atoms with Crippen LogP contribution in [0.3, 0.4) is 0 Å². The van der Waals surface area contributed by atoms with Gasteiger partial charge in [0, 0.05) is 33.7 Å². The van der Waals surface area contributed by atoms with E-state index in [0.717, 1.165) is 37.5 Å². The van der Waals surface area contributed by atoms with Crippen LogP contribution in [-0.4, -0.2) is 53.5 Å². The van der Waals surface area contributed by atoms with Crippen molar-refractivity contribution in [2.45, 2.75) is 27.2 Å². The summed E-state index contributed by atoms with van der Waals surface area (Å²) in [5, 5.41) is 11.3. The predicted molar refractivity (Wildman–Crippen MR) is 101 cm³/mol. The molecule has 0 saturated carbocycles. The first-order valence-corrected chi connectivity index (χ1v) is 8.33. The average Bonchev–Trinajstić information content (AvgIpc) is 2.53. The number of hydrogen-bond acceptors (Lipinski definition) is 5. The first kappa shape index (κ1) is 19.3. The second-order valence-electron chi connectivity index (χ2n) is 5.15. The third-order valence-electron chi connectivity index (χ3n) is 3.49. The summed E-state index contributed by atoms with van der Waals surface area (Å²) in [4.78, 5) is 6.08. The van der Waals surface area contributed by atoms with Crippen LogP contribution in [0.25, 0.3) is 0 Å². The van der Waals surface area contributed by atoms with Gasteiger partial charge in [0.1, 0.15) is 11.4 Å². The molecule has 23 heavy (non-hydrogen) atoms. The molecule has 0 aromatic carbocycles. The van der Waals surface area contributed by atoms with Gasteiger partial charge in [-0.15, -0.1) is 0 Å². The third kappa shape index (κ3) is 6.11. The van der Waals surface area contributed by atoms with Gasteiger partial charge in [-0.3, -0.25) is 4.98 Å². The van der Waals surface area contributed by atoms with E-state index in [1.807, 2.05) is 24.8 Å². The summed E-state index contributed by atoms with van der Waals surface area (Å²) in [6, 6.07) is 1.90. The van der Waals surface area contributed by atoms with Gasteiger partial charge in [-0.25, -0.2) is 0 Å². The third-order valence-corrected chi connectivity index (χ3v) is 3.75. The number of pyridine rings is 1. The molecule has 7 heteroatoms. The lowest BCUT2D eigenvalue weighted by Crippen LogP contribution is -2.39. The zero-order valence-corrected chi connectivity index (χ0v) is 15.0. The predicted octanol–water partition coefficient (Wildman–Crippen LogP) is 1.95. The van der Waals surface area contributed by atoms with Crippen molar-refractivity contribution in [1.29, 1.82) is 5.41 Å². The first-order valence-electron chi connectivity index (χ1n) is 7.92. The smallest absolute Gasteiger partial charge is 0.166 e. The lowest BCUT2D eigenvalue weighted by atomic mass is 10.1. The van der Waals surface area contributed by atoms with Gasteiger partial charge in [0.25, 0.3) is 0 Å². The normalized spacial score (nSPS) is 12.6. The largest absolute Gasteiger partial charge is 0.491 e. The molecule has 0 radical (unpaired) electrons. The van der Waals surface area contributed by atoms with Gasteiger partial charge in [0.05, 0.1) is 12.3 Å². The minimum Gasteiger partial charge on any atom is -0.491 e. The van der Waals surface area contributed by atoms with Crippen LogP contribution in [-0.2, 0) is 0 Å². The summed E-state index contributed by atoms with van der Waals surface area (Å²) in [5.74, 6) is 0.786. The van der Waals surface area contributed by atoms with Crippen molar-refractivity contribution in [1.82, 2.24) is 15.2 Å².